The lowest BCUT2D eigenvalue weighted by atomic mass is 9.91. The van der Waals surface area contributed by atoms with Gasteiger partial charge in [-0.25, -0.2) is 4.79 Å². The highest BCUT2D eigenvalue weighted by atomic mass is 19.4. The number of urea groups is 1. The molecule has 10 heteroatoms. The molecule has 0 aromatic heterocycles. The van der Waals surface area contributed by atoms with Crippen LogP contribution in [-0.4, -0.2) is 46.8 Å². The lowest BCUT2D eigenvalue weighted by molar-refractivity contribution is -0.138. The molecule has 2 N–H and O–H groups in total. The van der Waals surface area contributed by atoms with Crippen molar-refractivity contribution in [3.05, 3.63) is 131 Å². The fourth-order valence-corrected chi connectivity index (χ4v) is 5.41. The Bertz CT molecular complexity index is 1520. The van der Waals surface area contributed by atoms with Gasteiger partial charge >= 0.3 is 12.2 Å². The van der Waals surface area contributed by atoms with E-state index in [2.05, 4.69) is 17.2 Å². The van der Waals surface area contributed by atoms with E-state index in [1.807, 2.05) is 60.7 Å². The largest absolute Gasteiger partial charge is 0.416 e. The Labute approximate surface area is 241 Å². The van der Waals surface area contributed by atoms with E-state index in [1.54, 1.807) is 0 Å². The number of nitrogens with one attached hydrogen (secondary N) is 2. The number of hydrogen-bond acceptors (Lipinski definition) is 3. The van der Waals surface area contributed by atoms with Gasteiger partial charge in [-0.05, 0) is 22.8 Å². The Balaban J connectivity index is 1.53. The standard InChI is InChI=1S/C32H29F3N4O3/c1-2-17-38-26-20-39(25(18-21-11-5-3-6-12-21)29(40)36-19-22-13-7-4-8-14-22)30(41)27(26)28(37-31(38)42)23-15-9-10-16-24(23)32(33,34)35/h2-16,25,28H,1,17-20H2,(H,36,40)(H,37,42)/t25-,28-/m0/s1. The number of benzene rings is 3. The smallest absolute Gasteiger partial charge is 0.350 e. The van der Waals surface area contributed by atoms with Crippen molar-refractivity contribution in [2.24, 2.45) is 0 Å². The molecular weight excluding hydrogens is 545 g/mol. The van der Waals surface area contributed by atoms with Crippen molar-refractivity contribution in [3.8, 4) is 0 Å². The topological polar surface area (TPSA) is 81.8 Å². The van der Waals surface area contributed by atoms with E-state index in [4.69, 9.17) is 0 Å². The van der Waals surface area contributed by atoms with Crippen LogP contribution in [0.2, 0.25) is 0 Å². The van der Waals surface area contributed by atoms with Crippen molar-refractivity contribution in [3.63, 3.8) is 0 Å². The van der Waals surface area contributed by atoms with Crippen LogP contribution in [0.25, 0.3) is 0 Å². The van der Waals surface area contributed by atoms with Crippen LogP contribution in [0.1, 0.15) is 28.3 Å². The molecule has 0 fully saturated rings. The molecule has 0 spiro atoms. The highest BCUT2D eigenvalue weighted by Crippen LogP contribution is 2.42. The Morgan fingerprint density at radius 2 is 1.60 bits per heavy atom. The normalized spacial score (nSPS) is 17.5. The van der Waals surface area contributed by atoms with E-state index in [9.17, 15) is 27.6 Å². The minimum Gasteiger partial charge on any atom is -0.350 e. The first-order chi connectivity index (χ1) is 20.2. The second kappa shape index (κ2) is 11.9. The maximum absolute atomic E-state index is 14.2. The number of hydrogen-bond donors (Lipinski definition) is 2. The van der Waals surface area contributed by atoms with E-state index in [-0.39, 0.29) is 42.9 Å². The molecule has 2 aliphatic heterocycles. The van der Waals surface area contributed by atoms with Crippen LogP contribution in [0.15, 0.2) is 109 Å². The van der Waals surface area contributed by atoms with Crippen LogP contribution < -0.4 is 10.6 Å². The van der Waals surface area contributed by atoms with Crippen molar-refractivity contribution < 1.29 is 27.6 Å². The lowest BCUT2D eigenvalue weighted by Gasteiger charge is -2.33. The Morgan fingerprint density at radius 3 is 2.24 bits per heavy atom. The van der Waals surface area contributed by atoms with E-state index >= 15 is 0 Å². The fraction of sp³-hybridized carbons (Fsp3) is 0.219. The molecular formula is C32H29F3N4O3. The van der Waals surface area contributed by atoms with E-state index < -0.39 is 41.7 Å². The molecule has 0 unspecified atom stereocenters. The van der Waals surface area contributed by atoms with Crippen LogP contribution in [0.3, 0.4) is 0 Å². The van der Waals surface area contributed by atoms with E-state index in [0.717, 1.165) is 17.2 Å². The average molecular weight is 575 g/mol. The van der Waals surface area contributed by atoms with Gasteiger partial charge in [-0.15, -0.1) is 6.58 Å². The van der Waals surface area contributed by atoms with Gasteiger partial charge in [0.25, 0.3) is 5.91 Å². The molecule has 2 aliphatic rings. The number of carbonyl (C=O) groups excluding carboxylic acids is 3. The molecule has 3 aromatic carbocycles. The van der Waals surface area contributed by atoms with Crippen LogP contribution in [0, 0.1) is 0 Å². The molecule has 0 aliphatic carbocycles. The lowest BCUT2D eigenvalue weighted by Crippen LogP contribution is -2.49. The van der Waals surface area contributed by atoms with Gasteiger partial charge < -0.3 is 15.5 Å². The third-order valence-electron chi connectivity index (χ3n) is 7.40. The highest BCUT2D eigenvalue weighted by molar-refractivity contribution is 6.03. The molecule has 2 atom stereocenters. The van der Waals surface area contributed by atoms with Crippen LogP contribution in [0.5, 0.6) is 0 Å². The monoisotopic (exact) mass is 574 g/mol. The average Bonchev–Trinajstić information content (AvgIpc) is 3.33. The summed E-state index contributed by atoms with van der Waals surface area (Å²) in [4.78, 5) is 43.6. The first-order valence-electron chi connectivity index (χ1n) is 13.4. The number of amides is 4. The molecule has 42 heavy (non-hydrogen) atoms. The predicted octanol–water partition coefficient (Wildman–Crippen LogP) is 4.98. The maximum Gasteiger partial charge on any atom is 0.416 e. The summed E-state index contributed by atoms with van der Waals surface area (Å²) in [6.45, 7) is 3.81. The summed E-state index contributed by atoms with van der Waals surface area (Å²) < 4.78 is 42.0. The molecule has 5 rings (SSSR count). The first-order valence-corrected chi connectivity index (χ1v) is 13.4. The minimum atomic E-state index is -4.71. The molecule has 0 saturated heterocycles. The summed E-state index contributed by atoms with van der Waals surface area (Å²) in [6, 6.07) is 20.3. The Kier molecular flexibility index (Phi) is 8.15. The maximum atomic E-state index is 14.2. The van der Waals surface area contributed by atoms with Crippen molar-refractivity contribution >= 4 is 17.8 Å². The van der Waals surface area contributed by atoms with Crippen molar-refractivity contribution in [2.45, 2.75) is 31.2 Å². The molecule has 216 valence electrons. The van der Waals surface area contributed by atoms with E-state index in [0.29, 0.717) is 0 Å². The van der Waals surface area contributed by atoms with Gasteiger partial charge in [0.05, 0.1) is 29.4 Å². The summed E-state index contributed by atoms with van der Waals surface area (Å²) in [6.07, 6.45) is -3.08. The summed E-state index contributed by atoms with van der Waals surface area (Å²) in [5.41, 5.74) is 0.720. The van der Waals surface area contributed by atoms with Gasteiger partial charge in [-0.3, -0.25) is 14.5 Å². The number of rotatable bonds is 9. The molecule has 0 saturated carbocycles. The van der Waals surface area contributed by atoms with Crippen molar-refractivity contribution in [1.82, 2.24) is 20.4 Å². The summed E-state index contributed by atoms with van der Waals surface area (Å²) in [5, 5.41) is 5.50. The molecule has 0 radical (unpaired) electrons. The summed E-state index contributed by atoms with van der Waals surface area (Å²) in [7, 11) is 0. The molecule has 4 amide bonds. The number of alkyl halides is 3. The summed E-state index contributed by atoms with van der Waals surface area (Å²) >= 11 is 0. The quantitative estimate of drug-likeness (QED) is 0.354. The van der Waals surface area contributed by atoms with Gasteiger partial charge in [0.1, 0.15) is 6.04 Å². The second-order valence-corrected chi connectivity index (χ2v) is 10.1. The molecule has 0 bridgehead atoms. The second-order valence-electron chi connectivity index (χ2n) is 10.1. The molecule has 7 nitrogen and oxygen atoms in total. The third kappa shape index (κ3) is 5.79. The predicted molar refractivity (Wildman–Crippen MR) is 151 cm³/mol. The number of carbonyl (C=O) groups is 3. The zero-order valence-corrected chi connectivity index (χ0v) is 22.6. The highest BCUT2D eigenvalue weighted by Gasteiger charge is 2.48. The number of nitrogens with zero attached hydrogens (tertiary/aromatic N) is 2. The SMILES string of the molecule is C=CCN1C(=O)N[C@@H](c2ccccc2C(F)(F)F)C2=C1CN([C@@H](Cc1ccccc1)C(=O)NCc1ccccc1)C2=O. The third-order valence-corrected chi connectivity index (χ3v) is 7.40. The Hall–Kier alpha value is -4.86. The van der Waals surface area contributed by atoms with Crippen molar-refractivity contribution in [1.29, 1.82) is 0 Å². The van der Waals surface area contributed by atoms with Gasteiger partial charge in [0.15, 0.2) is 0 Å². The van der Waals surface area contributed by atoms with E-state index in [1.165, 1.54) is 34.1 Å². The zero-order chi connectivity index (χ0) is 29.9. The van der Waals surface area contributed by atoms with Gasteiger partial charge in [0.2, 0.25) is 5.91 Å². The zero-order valence-electron chi connectivity index (χ0n) is 22.6. The van der Waals surface area contributed by atoms with Gasteiger partial charge in [-0.1, -0.05) is 84.9 Å². The number of halogens is 3. The van der Waals surface area contributed by atoms with Crippen LogP contribution in [0.4, 0.5) is 18.0 Å². The minimum absolute atomic E-state index is 0.00192. The first kappa shape index (κ1) is 28.7. The fourth-order valence-electron chi connectivity index (χ4n) is 5.41. The summed E-state index contributed by atoms with van der Waals surface area (Å²) in [5.74, 6) is -1.03. The van der Waals surface area contributed by atoms with Gasteiger partial charge in [0, 0.05) is 19.5 Å². The Morgan fingerprint density at radius 1 is 0.976 bits per heavy atom. The van der Waals surface area contributed by atoms with Crippen LogP contribution >= 0.6 is 0 Å². The van der Waals surface area contributed by atoms with Crippen molar-refractivity contribution in [2.75, 3.05) is 13.1 Å². The van der Waals surface area contributed by atoms with Crippen LogP contribution in [-0.2, 0) is 28.7 Å². The van der Waals surface area contributed by atoms with Gasteiger partial charge in [-0.2, -0.15) is 13.2 Å². The molecule has 3 aromatic rings. The molecule has 2 heterocycles.